The maximum atomic E-state index is 14.2. The summed E-state index contributed by atoms with van der Waals surface area (Å²) in [5.74, 6) is -0.0864. The Kier molecular flexibility index (Phi) is 3.57. The Labute approximate surface area is 152 Å². The van der Waals surface area contributed by atoms with Crippen molar-refractivity contribution >= 4 is 16.6 Å². The fourth-order valence-electron chi connectivity index (χ4n) is 3.71. The zero-order valence-corrected chi connectivity index (χ0v) is 14.7. The van der Waals surface area contributed by atoms with Gasteiger partial charge in [-0.05, 0) is 25.0 Å². The van der Waals surface area contributed by atoms with Crippen molar-refractivity contribution in [3.8, 4) is 5.82 Å². The van der Waals surface area contributed by atoms with E-state index in [2.05, 4.69) is 15.3 Å². The summed E-state index contributed by atoms with van der Waals surface area (Å²) in [6.45, 7) is 0.788. The quantitative estimate of drug-likeness (QED) is 0.549. The molecule has 1 aromatic carbocycles. The molecule has 4 aromatic rings. The molecule has 138 valence electrons. The first-order chi connectivity index (χ1) is 13.1. The molecule has 0 amide bonds. The second-order valence-corrected chi connectivity index (χ2v) is 6.75. The molecule has 3 aromatic heterocycles. The van der Waals surface area contributed by atoms with Crippen LogP contribution in [-0.2, 0) is 18.2 Å². The number of fused-ring (bicyclic) bond motifs is 3. The molecular weight excluding hydrogens is 351 g/mol. The van der Waals surface area contributed by atoms with E-state index >= 15 is 0 Å². The molecule has 0 N–H and O–H groups in total. The number of hydrogen-bond acceptors (Lipinski definition) is 5. The third kappa shape index (κ3) is 2.46. The number of rotatable bonds is 3. The Morgan fingerprint density at radius 1 is 1.37 bits per heavy atom. The second kappa shape index (κ2) is 5.98. The highest BCUT2D eigenvalue weighted by Gasteiger charge is 2.20. The normalized spacial score (nSPS) is 17.3. The lowest BCUT2D eigenvalue weighted by molar-refractivity contribution is 0.110. The zero-order chi connectivity index (χ0) is 18.5. The van der Waals surface area contributed by atoms with Crippen molar-refractivity contribution in [1.29, 1.82) is 0 Å². The van der Waals surface area contributed by atoms with Crippen molar-refractivity contribution in [3.63, 3.8) is 0 Å². The topological polar surface area (TPSA) is 79.2 Å². The number of imidazole rings is 1. The first kappa shape index (κ1) is 16.1. The smallest absolute Gasteiger partial charge is 0.264 e. The molecule has 4 heterocycles. The second-order valence-electron chi connectivity index (χ2n) is 6.75. The minimum absolute atomic E-state index is 0.0362. The van der Waals surface area contributed by atoms with Crippen molar-refractivity contribution in [2.45, 2.75) is 25.4 Å². The lowest BCUT2D eigenvalue weighted by atomic mass is 10.1. The van der Waals surface area contributed by atoms with Gasteiger partial charge in [-0.15, -0.1) is 5.10 Å². The van der Waals surface area contributed by atoms with E-state index in [0.29, 0.717) is 23.4 Å². The molecule has 1 unspecified atom stereocenters. The SMILES string of the molecule is Cn1c(=O)c2c(F)cccc2n2cnc(-n3cc(CC4CCCO4)nn3)c12. The van der Waals surface area contributed by atoms with Crippen molar-refractivity contribution in [1.82, 2.24) is 28.9 Å². The minimum Gasteiger partial charge on any atom is -0.378 e. The van der Waals surface area contributed by atoms with Gasteiger partial charge < -0.3 is 4.74 Å². The van der Waals surface area contributed by atoms with Crippen LogP contribution in [0.25, 0.3) is 22.4 Å². The van der Waals surface area contributed by atoms with Crippen molar-refractivity contribution in [3.05, 3.63) is 52.6 Å². The number of nitrogens with zero attached hydrogens (tertiary/aromatic N) is 6. The highest BCUT2D eigenvalue weighted by molar-refractivity contribution is 5.82. The van der Waals surface area contributed by atoms with Gasteiger partial charge >= 0.3 is 0 Å². The molecule has 0 bridgehead atoms. The van der Waals surface area contributed by atoms with Gasteiger partial charge in [0.2, 0.25) is 0 Å². The molecule has 1 aliphatic rings. The number of aromatic nitrogens is 6. The van der Waals surface area contributed by atoms with Crippen LogP contribution in [0.2, 0.25) is 0 Å². The van der Waals surface area contributed by atoms with Gasteiger partial charge in [-0.3, -0.25) is 13.8 Å². The third-order valence-electron chi connectivity index (χ3n) is 5.03. The van der Waals surface area contributed by atoms with E-state index in [4.69, 9.17) is 4.74 Å². The van der Waals surface area contributed by atoms with E-state index in [9.17, 15) is 9.18 Å². The summed E-state index contributed by atoms with van der Waals surface area (Å²) in [5.41, 5.74) is 1.37. The molecule has 0 aliphatic carbocycles. The number of halogens is 1. The predicted molar refractivity (Wildman–Crippen MR) is 95.5 cm³/mol. The summed E-state index contributed by atoms with van der Waals surface area (Å²) in [4.78, 5) is 17.1. The van der Waals surface area contributed by atoms with Crippen LogP contribution in [0.3, 0.4) is 0 Å². The predicted octanol–water partition coefficient (Wildman–Crippen LogP) is 1.63. The molecule has 0 saturated carbocycles. The van der Waals surface area contributed by atoms with Crippen molar-refractivity contribution in [2.24, 2.45) is 7.05 Å². The Bertz CT molecular complexity index is 1220. The molecule has 1 saturated heterocycles. The average Bonchev–Trinajstić information content (AvgIpc) is 3.40. The highest BCUT2D eigenvalue weighted by atomic mass is 19.1. The lowest BCUT2D eigenvalue weighted by Gasteiger charge is -2.08. The Hall–Kier alpha value is -3.07. The monoisotopic (exact) mass is 368 g/mol. The summed E-state index contributed by atoms with van der Waals surface area (Å²) in [6, 6.07) is 4.55. The first-order valence-corrected chi connectivity index (χ1v) is 8.81. The summed E-state index contributed by atoms with van der Waals surface area (Å²) < 4.78 is 24.5. The van der Waals surface area contributed by atoms with Crippen LogP contribution in [0.4, 0.5) is 4.39 Å². The highest BCUT2D eigenvalue weighted by Crippen LogP contribution is 2.21. The van der Waals surface area contributed by atoms with Crippen molar-refractivity contribution < 1.29 is 9.13 Å². The molecule has 9 heteroatoms. The first-order valence-electron chi connectivity index (χ1n) is 8.81. The van der Waals surface area contributed by atoms with Gasteiger partial charge in [-0.25, -0.2) is 9.37 Å². The third-order valence-corrected chi connectivity index (χ3v) is 5.03. The molecule has 1 atom stereocenters. The number of benzene rings is 1. The Balaban J connectivity index is 1.66. The van der Waals surface area contributed by atoms with Gasteiger partial charge in [0, 0.05) is 20.1 Å². The lowest BCUT2D eigenvalue weighted by Crippen LogP contribution is -2.21. The van der Waals surface area contributed by atoms with E-state index < -0.39 is 11.4 Å². The van der Waals surface area contributed by atoms with Gasteiger partial charge in [0.15, 0.2) is 11.5 Å². The fraction of sp³-hybridized carbons (Fsp3) is 0.333. The van der Waals surface area contributed by atoms with Crippen molar-refractivity contribution in [2.75, 3.05) is 6.61 Å². The molecule has 5 rings (SSSR count). The summed E-state index contributed by atoms with van der Waals surface area (Å²) in [6.07, 6.45) is 6.31. The number of ether oxygens (including phenoxy) is 1. The van der Waals surface area contributed by atoms with Gasteiger partial charge in [-0.2, -0.15) is 4.68 Å². The van der Waals surface area contributed by atoms with E-state index in [0.717, 1.165) is 25.1 Å². The standard InChI is InChI=1S/C18H17FN6O2/c1-23-17-16(25-9-11(21-22-25)8-12-4-3-7-27-12)20-10-24(17)14-6-2-5-13(19)15(14)18(23)26/h2,5-6,9-10,12H,3-4,7-8H2,1H3. The average molecular weight is 368 g/mol. The maximum absolute atomic E-state index is 14.2. The van der Waals surface area contributed by atoms with Crippen LogP contribution < -0.4 is 5.56 Å². The Morgan fingerprint density at radius 2 is 2.26 bits per heavy atom. The van der Waals surface area contributed by atoms with E-state index in [1.807, 2.05) is 0 Å². The van der Waals surface area contributed by atoms with Gasteiger partial charge in [0.05, 0.1) is 28.9 Å². The molecular formula is C18H17FN6O2. The van der Waals surface area contributed by atoms with E-state index in [1.54, 1.807) is 40.8 Å². The molecule has 0 radical (unpaired) electrons. The van der Waals surface area contributed by atoms with Gasteiger partial charge in [0.25, 0.3) is 5.56 Å². The largest absolute Gasteiger partial charge is 0.378 e. The van der Waals surface area contributed by atoms with Crippen LogP contribution in [0.15, 0.2) is 35.5 Å². The van der Waals surface area contributed by atoms with Gasteiger partial charge in [0.1, 0.15) is 12.1 Å². The molecule has 27 heavy (non-hydrogen) atoms. The van der Waals surface area contributed by atoms with E-state index in [-0.39, 0.29) is 11.5 Å². The number of aryl methyl sites for hydroxylation is 1. The summed E-state index contributed by atoms with van der Waals surface area (Å²) >= 11 is 0. The van der Waals surface area contributed by atoms with Crippen LogP contribution in [0.5, 0.6) is 0 Å². The fourth-order valence-corrected chi connectivity index (χ4v) is 3.71. The summed E-state index contributed by atoms with van der Waals surface area (Å²) in [5, 5.41) is 8.41. The maximum Gasteiger partial charge on any atom is 0.264 e. The zero-order valence-electron chi connectivity index (χ0n) is 14.7. The van der Waals surface area contributed by atoms with Crippen LogP contribution in [-0.4, -0.2) is 41.7 Å². The minimum atomic E-state index is -0.551. The van der Waals surface area contributed by atoms with Crippen LogP contribution >= 0.6 is 0 Å². The summed E-state index contributed by atoms with van der Waals surface area (Å²) in [7, 11) is 1.60. The molecule has 1 aliphatic heterocycles. The van der Waals surface area contributed by atoms with E-state index in [1.165, 1.54) is 10.6 Å². The van der Waals surface area contributed by atoms with Crippen LogP contribution in [0.1, 0.15) is 18.5 Å². The Morgan fingerprint density at radius 3 is 3.07 bits per heavy atom. The van der Waals surface area contributed by atoms with Gasteiger partial charge in [-0.1, -0.05) is 11.3 Å². The number of hydrogen-bond donors (Lipinski definition) is 0. The van der Waals surface area contributed by atoms with Crippen LogP contribution in [0, 0.1) is 5.82 Å². The molecule has 1 fully saturated rings. The molecule has 0 spiro atoms. The molecule has 8 nitrogen and oxygen atoms in total.